The molecule has 1 aromatic rings. The summed E-state index contributed by atoms with van der Waals surface area (Å²) in [5.41, 5.74) is 3.01. The predicted molar refractivity (Wildman–Crippen MR) is 79.2 cm³/mol. The van der Waals surface area contributed by atoms with E-state index in [1.807, 2.05) is 19.1 Å². The lowest BCUT2D eigenvalue weighted by Gasteiger charge is -2.23. The Balaban J connectivity index is 1.73. The molecule has 2 N–H and O–H groups in total. The maximum Gasteiger partial charge on any atom is 0.253 e. The first-order chi connectivity index (χ1) is 9.75. The molecule has 1 saturated heterocycles. The van der Waals surface area contributed by atoms with Crippen molar-refractivity contribution in [3.63, 3.8) is 0 Å². The van der Waals surface area contributed by atoms with Gasteiger partial charge in [-0.2, -0.15) is 0 Å². The lowest BCUT2D eigenvalue weighted by Crippen LogP contribution is -2.41. The summed E-state index contributed by atoms with van der Waals surface area (Å²) >= 11 is 0. The Morgan fingerprint density at radius 2 is 2.35 bits per heavy atom. The van der Waals surface area contributed by atoms with Crippen molar-refractivity contribution in [3.8, 4) is 0 Å². The molecule has 1 aromatic carbocycles. The van der Waals surface area contributed by atoms with E-state index in [1.54, 1.807) is 0 Å². The van der Waals surface area contributed by atoms with E-state index in [-0.39, 0.29) is 18.1 Å². The zero-order valence-corrected chi connectivity index (χ0v) is 11.9. The molecule has 0 spiro atoms. The van der Waals surface area contributed by atoms with Crippen molar-refractivity contribution in [3.05, 3.63) is 29.3 Å². The average molecular weight is 274 g/mol. The fraction of sp³-hybridized carbons (Fsp3) is 0.562. The highest BCUT2D eigenvalue weighted by Crippen LogP contribution is 2.26. The molecule has 0 aliphatic carbocycles. The number of hydrogen-bond acceptors (Lipinski definition) is 3. The minimum atomic E-state index is -0.000694. The average Bonchev–Trinajstić information content (AvgIpc) is 3.01. The van der Waals surface area contributed by atoms with Crippen molar-refractivity contribution < 1.29 is 9.53 Å². The summed E-state index contributed by atoms with van der Waals surface area (Å²) in [7, 11) is 0. The van der Waals surface area contributed by atoms with E-state index in [1.165, 1.54) is 5.56 Å². The van der Waals surface area contributed by atoms with Gasteiger partial charge < -0.3 is 15.4 Å². The summed E-state index contributed by atoms with van der Waals surface area (Å²) in [6.07, 6.45) is 4.46. The van der Waals surface area contributed by atoms with Crippen LogP contribution < -0.4 is 10.6 Å². The van der Waals surface area contributed by atoms with Crippen molar-refractivity contribution in [2.24, 2.45) is 0 Å². The Morgan fingerprint density at radius 3 is 3.15 bits per heavy atom. The van der Waals surface area contributed by atoms with Gasteiger partial charge in [0.15, 0.2) is 0 Å². The predicted octanol–water partition coefficient (Wildman–Crippen LogP) is 2.34. The number of aryl methyl sites for hydroxylation is 1. The molecule has 1 fully saturated rings. The molecule has 20 heavy (non-hydrogen) atoms. The first-order valence-electron chi connectivity index (χ1n) is 7.54. The highest BCUT2D eigenvalue weighted by molar-refractivity contribution is 6.00. The van der Waals surface area contributed by atoms with Crippen molar-refractivity contribution in [1.82, 2.24) is 5.32 Å². The van der Waals surface area contributed by atoms with Gasteiger partial charge in [-0.15, -0.1) is 0 Å². The molecule has 0 radical (unpaired) electrons. The largest absolute Gasteiger partial charge is 0.384 e. The van der Waals surface area contributed by atoms with Gasteiger partial charge in [0.05, 0.1) is 23.4 Å². The topological polar surface area (TPSA) is 50.4 Å². The zero-order chi connectivity index (χ0) is 13.9. The highest BCUT2D eigenvalue weighted by atomic mass is 16.5. The van der Waals surface area contributed by atoms with E-state index in [2.05, 4.69) is 16.7 Å². The van der Waals surface area contributed by atoms with Gasteiger partial charge in [-0.05, 0) is 44.2 Å². The second-order valence-electron chi connectivity index (χ2n) is 5.68. The number of benzene rings is 1. The molecule has 108 valence electrons. The van der Waals surface area contributed by atoms with Gasteiger partial charge in [0, 0.05) is 13.2 Å². The van der Waals surface area contributed by atoms with Crippen LogP contribution in [-0.4, -0.2) is 31.2 Å². The van der Waals surface area contributed by atoms with Crippen LogP contribution in [-0.2, 0) is 11.2 Å². The molecule has 4 heteroatoms. The third kappa shape index (κ3) is 2.66. The van der Waals surface area contributed by atoms with Crippen molar-refractivity contribution in [2.75, 3.05) is 18.5 Å². The van der Waals surface area contributed by atoms with E-state index in [9.17, 15) is 4.79 Å². The summed E-state index contributed by atoms with van der Waals surface area (Å²) in [5, 5.41) is 6.45. The Hall–Kier alpha value is -1.55. The molecule has 0 saturated carbocycles. The number of ether oxygens (including phenoxy) is 1. The summed E-state index contributed by atoms with van der Waals surface area (Å²) < 4.78 is 5.63. The summed E-state index contributed by atoms with van der Waals surface area (Å²) in [4.78, 5) is 12.5. The number of nitrogens with one attached hydrogen (secondary N) is 2. The minimum absolute atomic E-state index is 0.000694. The van der Waals surface area contributed by atoms with E-state index in [0.717, 1.165) is 50.1 Å². The van der Waals surface area contributed by atoms with Crippen LogP contribution in [0.5, 0.6) is 0 Å². The maximum absolute atomic E-state index is 12.5. The smallest absolute Gasteiger partial charge is 0.253 e. The first-order valence-corrected chi connectivity index (χ1v) is 7.54. The standard InChI is InChI=1S/C16H22N2O2/c1-11(14-8-4-10-20-14)18-16(19)13-7-2-5-12-6-3-9-17-15(12)13/h2,5,7,11,14,17H,3-4,6,8-10H2,1H3,(H,18,19). The molecule has 2 unspecified atom stereocenters. The van der Waals surface area contributed by atoms with E-state index in [0.29, 0.717) is 0 Å². The third-order valence-corrected chi connectivity index (χ3v) is 4.20. The van der Waals surface area contributed by atoms with E-state index >= 15 is 0 Å². The molecule has 2 atom stereocenters. The summed E-state index contributed by atoms with van der Waals surface area (Å²) in [6, 6.07) is 6.03. The third-order valence-electron chi connectivity index (χ3n) is 4.20. The SMILES string of the molecule is CC(NC(=O)c1cccc2c1NCCC2)C1CCCO1. The van der Waals surface area contributed by atoms with Gasteiger partial charge in [0.25, 0.3) is 5.91 Å². The fourth-order valence-electron chi connectivity index (χ4n) is 3.07. The van der Waals surface area contributed by atoms with Crippen LogP contribution in [0.15, 0.2) is 18.2 Å². The van der Waals surface area contributed by atoms with Gasteiger partial charge in [0.1, 0.15) is 0 Å². The molecule has 2 aliphatic rings. The Morgan fingerprint density at radius 1 is 1.45 bits per heavy atom. The van der Waals surface area contributed by atoms with Crippen molar-refractivity contribution in [2.45, 2.75) is 44.8 Å². The molecule has 2 heterocycles. The van der Waals surface area contributed by atoms with Gasteiger partial charge >= 0.3 is 0 Å². The van der Waals surface area contributed by atoms with Crippen LogP contribution in [0.2, 0.25) is 0 Å². The van der Waals surface area contributed by atoms with Gasteiger partial charge in [0.2, 0.25) is 0 Å². The number of carbonyl (C=O) groups is 1. The van der Waals surface area contributed by atoms with Crippen LogP contribution in [0, 0.1) is 0 Å². The van der Waals surface area contributed by atoms with Crippen LogP contribution >= 0.6 is 0 Å². The molecular formula is C16H22N2O2. The molecule has 1 amide bonds. The quantitative estimate of drug-likeness (QED) is 0.889. The zero-order valence-electron chi connectivity index (χ0n) is 11.9. The number of fused-ring (bicyclic) bond motifs is 1. The number of anilines is 1. The number of carbonyl (C=O) groups excluding carboxylic acids is 1. The van der Waals surface area contributed by atoms with Crippen LogP contribution in [0.3, 0.4) is 0 Å². The second kappa shape index (κ2) is 5.83. The number of hydrogen-bond donors (Lipinski definition) is 2. The van der Waals surface area contributed by atoms with E-state index < -0.39 is 0 Å². The van der Waals surface area contributed by atoms with Crippen LogP contribution in [0.25, 0.3) is 0 Å². The van der Waals surface area contributed by atoms with Crippen molar-refractivity contribution in [1.29, 1.82) is 0 Å². The molecule has 4 nitrogen and oxygen atoms in total. The molecule has 3 rings (SSSR count). The monoisotopic (exact) mass is 274 g/mol. The highest BCUT2D eigenvalue weighted by Gasteiger charge is 2.25. The number of para-hydroxylation sites is 1. The fourth-order valence-corrected chi connectivity index (χ4v) is 3.07. The van der Waals surface area contributed by atoms with Crippen molar-refractivity contribution >= 4 is 11.6 Å². The van der Waals surface area contributed by atoms with Gasteiger partial charge in [-0.25, -0.2) is 0 Å². The number of rotatable bonds is 3. The van der Waals surface area contributed by atoms with Gasteiger partial charge in [-0.1, -0.05) is 12.1 Å². The second-order valence-corrected chi connectivity index (χ2v) is 5.68. The maximum atomic E-state index is 12.5. The lowest BCUT2D eigenvalue weighted by atomic mass is 9.98. The minimum Gasteiger partial charge on any atom is -0.384 e. The van der Waals surface area contributed by atoms with Crippen LogP contribution in [0.1, 0.15) is 42.1 Å². The summed E-state index contributed by atoms with van der Waals surface area (Å²) in [5.74, 6) is -0.000694. The van der Waals surface area contributed by atoms with Gasteiger partial charge in [-0.3, -0.25) is 4.79 Å². The van der Waals surface area contributed by atoms with Crippen LogP contribution in [0.4, 0.5) is 5.69 Å². The molecule has 0 aromatic heterocycles. The normalized spacial score (nSPS) is 22.8. The Labute approximate surface area is 119 Å². The van der Waals surface area contributed by atoms with E-state index in [4.69, 9.17) is 4.74 Å². The lowest BCUT2D eigenvalue weighted by molar-refractivity contribution is 0.0712. The Kier molecular flexibility index (Phi) is 3.92. The first kappa shape index (κ1) is 13.4. The molecular weight excluding hydrogens is 252 g/mol. The Bertz CT molecular complexity index is 495. The number of amides is 1. The summed E-state index contributed by atoms with van der Waals surface area (Å²) in [6.45, 7) is 3.78. The molecule has 0 bridgehead atoms. The molecule has 2 aliphatic heterocycles.